The molecule has 2 aromatic rings. The van der Waals surface area contributed by atoms with Gasteiger partial charge in [0.25, 0.3) is 5.91 Å². The summed E-state index contributed by atoms with van der Waals surface area (Å²) in [7, 11) is 0. The third kappa shape index (κ3) is 2.80. The Balaban J connectivity index is 1.58. The van der Waals surface area contributed by atoms with Crippen LogP contribution < -0.4 is 0 Å². The summed E-state index contributed by atoms with van der Waals surface area (Å²) in [5, 5.41) is 13.3. The number of aromatic nitrogens is 2. The second-order valence-corrected chi connectivity index (χ2v) is 6.44. The number of amides is 1. The van der Waals surface area contributed by atoms with E-state index < -0.39 is 12.2 Å². The lowest BCUT2D eigenvalue weighted by molar-refractivity contribution is 0.0673. The van der Waals surface area contributed by atoms with Gasteiger partial charge in [-0.3, -0.25) is 4.79 Å². The van der Waals surface area contributed by atoms with E-state index >= 15 is 0 Å². The monoisotopic (exact) mass is 331 g/mol. The smallest absolute Gasteiger partial charge is 0.254 e. The van der Waals surface area contributed by atoms with E-state index in [0.29, 0.717) is 28.8 Å². The Kier molecular flexibility index (Phi) is 3.80. The molecule has 1 saturated carbocycles. The number of aliphatic hydroxyl groups excluding tert-OH is 1. The highest BCUT2D eigenvalue weighted by Crippen LogP contribution is 2.39. The molecule has 1 aliphatic carbocycles. The lowest BCUT2D eigenvalue weighted by Gasteiger charge is -2.22. The highest BCUT2D eigenvalue weighted by Gasteiger charge is 2.35. The number of carbonyl (C=O) groups excluding carboxylic acids is 1. The minimum Gasteiger partial charge on any atom is -0.394 e. The highest BCUT2D eigenvalue weighted by molar-refractivity contribution is 5.95. The van der Waals surface area contributed by atoms with Crippen molar-refractivity contribution in [2.75, 3.05) is 13.2 Å². The lowest BCUT2D eigenvalue weighted by atomic mass is 10.1. The second-order valence-electron chi connectivity index (χ2n) is 6.44. The van der Waals surface area contributed by atoms with Crippen LogP contribution >= 0.6 is 0 Å². The Bertz CT molecular complexity index is 759. The molecule has 2 fully saturated rings. The molecule has 1 saturated heterocycles. The molecule has 7 heteroatoms. The number of carbonyl (C=O) groups is 1. The molecule has 1 aromatic carbocycles. The molecule has 1 amide bonds. The topological polar surface area (TPSA) is 79.5 Å². The van der Waals surface area contributed by atoms with E-state index in [-0.39, 0.29) is 25.5 Å². The number of hydrogen-bond donors (Lipinski definition) is 1. The van der Waals surface area contributed by atoms with Crippen LogP contribution in [0.1, 0.15) is 41.4 Å². The largest absolute Gasteiger partial charge is 0.394 e. The minimum atomic E-state index is -1.09. The third-order valence-electron chi connectivity index (χ3n) is 4.57. The Morgan fingerprint density at radius 1 is 1.42 bits per heavy atom. The number of halogens is 1. The Morgan fingerprint density at radius 2 is 2.25 bits per heavy atom. The van der Waals surface area contributed by atoms with Gasteiger partial charge in [0.05, 0.1) is 19.2 Å². The van der Waals surface area contributed by atoms with Gasteiger partial charge in [-0.2, -0.15) is 4.98 Å². The fourth-order valence-corrected chi connectivity index (χ4v) is 3.09. The maximum absolute atomic E-state index is 13.6. The van der Waals surface area contributed by atoms with Crippen LogP contribution in [0.25, 0.3) is 11.4 Å². The van der Waals surface area contributed by atoms with Gasteiger partial charge in [-0.05, 0) is 25.0 Å². The summed E-state index contributed by atoms with van der Waals surface area (Å²) in [6.07, 6.45) is 1.23. The third-order valence-corrected chi connectivity index (χ3v) is 4.57. The van der Waals surface area contributed by atoms with Gasteiger partial charge in [-0.15, -0.1) is 0 Å². The molecule has 2 aliphatic rings. The summed E-state index contributed by atoms with van der Waals surface area (Å²) in [5.41, 5.74) is 1.12. The number of likely N-dealkylation sites (tertiary alicyclic amines) is 1. The first kappa shape index (κ1) is 15.3. The molecule has 6 nitrogen and oxygen atoms in total. The lowest BCUT2D eigenvalue weighted by Crippen LogP contribution is -2.37. The van der Waals surface area contributed by atoms with Gasteiger partial charge in [0.2, 0.25) is 11.7 Å². The van der Waals surface area contributed by atoms with Crippen LogP contribution in [0.2, 0.25) is 0 Å². The zero-order valence-corrected chi connectivity index (χ0v) is 13.1. The summed E-state index contributed by atoms with van der Waals surface area (Å²) in [6.45, 7) is -0.218. The quantitative estimate of drug-likeness (QED) is 0.929. The SMILES string of the molecule is O=C(c1cccc(-c2noc(C3CC3)n2)c1)N1C[C@@H](F)C[C@H]1CO. The molecule has 1 aliphatic heterocycles. The van der Waals surface area contributed by atoms with Crippen molar-refractivity contribution in [1.29, 1.82) is 0 Å². The molecule has 2 atom stereocenters. The molecule has 0 radical (unpaired) electrons. The van der Waals surface area contributed by atoms with Gasteiger partial charge >= 0.3 is 0 Å². The highest BCUT2D eigenvalue weighted by atomic mass is 19.1. The van der Waals surface area contributed by atoms with Gasteiger partial charge in [0.15, 0.2) is 0 Å². The van der Waals surface area contributed by atoms with E-state index in [4.69, 9.17) is 4.52 Å². The Morgan fingerprint density at radius 3 is 3.00 bits per heavy atom. The average molecular weight is 331 g/mol. The summed E-state index contributed by atoms with van der Waals surface area (Å²) in [6, 6.07) is 6.44. The molecule has 2 heterocycles. The molecular weight excluding hydrogens is 313 g/mol. The van der Waals surface area contributed by atoms with E-state index in [9.17, 15) is 14.3 Å². The molecule has 1 aromatic heterocycles. The number of alkyl halides is 1. The molecule has 24 heavy (non-hydrogen) atoms. The van der Waals surface area contributed by atoms with Gasteiger partial charge < -0.3 is 14.5 Å². The van der Waals surface area contributed by atoms with Crippen LogP contribution in [0, 0.1) is 0 Å². The van der Waals surface area contributed by atoms with E-state index in [1.807, 2.05) is 6.07 Å². The number of rotatable bonds is 4. The maximum Gasteiger partial charge on any atom is 0.254 e. The number of aliphatic hydroxyl groups is 1. The predicted octanol–water partition coefficient (Wildman–Crippen LogP) is 2.16. The van der Waals surface area contributed by atoms with E-state index in [1.165, 1.54) is 4.90 Å². The molecule has 4 rings (SSSR count). The Hall–Kier alpha value is -2.28. The number of nitrogens with zero attached hydrogens (tertiary/aromatic N) is 3. The van der Waals surface area contributed by atoms with Crippen molar-refractivity contribution in [1.82, 2.24) is 15.0 Å². The minimum absolute atomic E-state index is 0.0162. The van der Waals surface area contributed by atoms with Crippen molar-refractivity contribution in [2.24, 2.45) is 0 Å². The average Bonchev–Trinajstić information content (AvgIpc) is 3.20. The van der Waals surface area contributed by atoms with Crippen LogP contribution in [-0.2, 0) is 0 Å². The number of benzene rings is 1. The normalized spacial score (nSPS) is 23.7. The van der Waals surface area contributed by atoms with Crippen LogP contribution in [0.15, 0.2) is 28.8 Å². The first-order valence-corrected chi connectivity index (χ1v) is 8.15. The summed E-state index contributed by atoms with van der Waals surface area (Å²) in [4.78, 5) is 18.4. The standard InChI is InChI=1S/C17H18FN3O3/c18-13-7-14(9-22)21(8-13)17(23)12-3-1-2-11(6-12)15-19-16(24-20-15)10-4-5-10/h1-3,6,10,13-14,22H,4-5,7-9H2/t13-,14-/m0/s1. The van der Waals surface area contributed by atoms with Crippen LogP contribution in [0.4, 0.5) is 4.39 Å². The zero-order chi connectivity index (χ0) is 16.7. The molecule has 0 spiro atoms. The van der Waals surface area contributed by atoms with Gasteiger partial charge in [0, 0.05) is 23.5 Å². The summed E-state index contributed by atoms with van der Waals surface area (Å²) in [5.74, 6) is 1.17. The van der Waals surface area contributed by atoms with Crippen molar-refractivity contribution < 1.29 is 18.8 Å². The Labute approximate surface area is 138 Å². The fraction of sp³-hybridized carbons (Fsp3) is 0.471. The molecule has 0 bridgehead atoms. The van der Waals surface area contributed by atoms with Crippen molar-refractivity contribution in [2.45, 2.75) is 37.4 Å². The van der Waals surface area contributed by atoms with Crippen molar-refractivity contribution in [3.63, 3.8) is 0 Å². The van der Waals surface area contributed by atoms with E-state index in [2.05, 4.69) is 10.1 Å². The zero-order valence-electron chi connectivity index (χ0n) is 13.1. The van der Waals surface area contributed by atoms with Crippen molar-refractivity contribution >= 4 is 5.91 Å². The molecular formula is C17H18FN3O3. The first-order valence-electron chi connectivity index (χ1n) is 8.15. The fourth-order valence-electron chi connectivity index (χ4n) is 3.09. The van der Waals surface area contributed by atoms with Gasteiger partial charge in [-0.25, -0.2) is 4.39 Å². The van der Waals surface area contributed by atoms with Crippen LogP contribution in [-0.4, -0.2) is 51.4 Å². The van der Waals surface area contributed by atoms with E-state index in [1.54, 1.807) is 18.2 Å². The van der Waals surface area contributed by atoms with Gasteiger partial charge in [-0.1, -0.05) is 17.3 Å². The van der Waals surface area contributed by atoms with Crippen molar-refractivity contribution in [3.05, 3.63) is 35.7 Å². The van der Waals surface area contributed by atoms with Crippen LogP contribution in [0.3, 0.4) is 0 Å². The summed E-state index contributed by atoms with van der Waals surface area (Å²) >= 11 is 0. The predicted molar refractivity (Wildman–Crippen MR) is 83.1 cm³/mol. The second kappa shape index (κ2) is 5.98. The van der Waals surface area contributed by atoms with E-state index in [0.717, 1.165) is 12.8 Å². The van der Waals surface area contributed by atoms with Gasteiger partial charge in [0.1, 0.15) is 6.17 Å². The first-order chi connectivity index (χ1) is 11.7. The summed E-state index contributed by atoms with van der Waals surface area (Å²) < 4.78 is 18.8. The molecule has 126 valence electrons. The van der Waals surface area contributed by atoms with Crippen LogP contribution in [0.5, 0.6) is 0 Å². The molecule has 0 unspecified atom stereocenters. The van der Waals surface area contributed by atoms with Crippen molar-refractivity contribution in [3.8, 4) is 11.4 Å². The number of hydrogen-bond acceptors (Lipinski definition) is 5. The molecule has 1 N–H and O–H groups in total. The maximum atomic E-state index is 13.6.